The summed E-state index contributed by atoms with van der Waals surface area (Å²) in [7, 11) is 0. The molecule has 0 bridgehead atoms. The van der Waals surface area contributed by atoms with Gasteiger partial charge in [0.1, 0.15) is 5.82 Å². The fourth-order valence-electron chi connectivity index (χ4n) is 2.89. The third kappa shape index (κ3) is 3.90. The Kier molecular flexibility index (Phi) is 5.13. The van der Waals surface area contributed by atoms with Crippen LogP contribution < -0.4 is 15.5 Å². The van der Waals surface area contributed by atoms with Crippen LogP contribution >= 0.6 is 11.6 Å². The number of aromatic nitrogens is 2. The smallest absolute Gasteiger partial charge is 0.322 e. The van der Waals surface area contributed by atoms with E-state index in [2.05, 4.69) is 20.8 Å². The molecule has 4 rings (SSSR count). The molecule has 1 aliphatic rings. The van der Waals surface area contributed by atoms with Crippen LogP contribution in [0.3, 0.4) is 0 Å². The highest BCUT2D eigenvalue weighted by Crippen LogP contribution is 2.28. The van der Waals surface area contributed by atoms with Gasteiger partial charge in [0.15, 0.2) is 5.82 Å². The number of nitrogens with one attached hydrogen (secondary N) is 2. The molecule has 1 fully saturated rings. The van der Waals surface area contributed by atoms with Crippen molar-refractivity contribution in [2.75, 3.05) is 18.0 Å². The monoisotopic (exact) mass is 415 g/mol. The van der Waals surface area contributed by atoms with E-state index in [1.165, 1.54) is 17.0 Å². The van der Waals surface area contributed by atoms with Crippen LogP contribution in [0.1, 0.15) is 16.2 Å². The normalized spacial score (nSPS) is 13.4. The number of hydrogen-bond donors (Lipinski definition) is 2. The second-order valence-electron chi connectivity index (χ2n) is 6.23. The number of benzene rings is 2. The summed E-state index contributed by atoms with van der Waals surface area (Å²) in [6, 6.07) is 10.4. The molecule has 8 nitrogen and oxygen atoms in total. The minimum Gasteiger partial charge on any atom is -0.345 e. The summed E-state index contributed by atoms with van der Waals surface area (Å²) in [5.41, 5.74) is 0.960. The molecule has 10 heteroatoms. The number of carbonyl (C=O) groups excluding carboxylic acids is 2. The van der Waals surface area contributed by atoms with Gasteiger partial charge in [-0.2, -0.15) is 4.98 Å². The Morgan fingerprint density at radius 3 is 2.90 bits per heavy atom. The molecule has 2 aromatic carbocycles. The predicted molar refractivity (Wildman–Crippen MR) is 103 cm³/mol. The van der Waals surface area contributed by atoms with E-state index >= 15 is 0 Å². The number of hydrogen-bond acceptors (Lipinski definition) is 5. The van der Waals surface area contributed by atoms with E-state index < -0.39 is 11.7 Å². The van der Waals surface area contributed by atoms with Crippen molar-refractivity contribution < 1.29 is 18.5 Å². The SMILES string of the molecule is O=C(NCc1noc(-c2ccccc2F)n1)c1ccc(Cl)c(N2CCNC2=O)c1. The van der Waals surface area contributed by atoms with Crippen molar-refractivity contribution in [1.82, 2.24) is 20.8 Å². The van der Waals surface area contributed by atoms with Crippen LogP contribution in [0.15, 0.2) is 47.0 Å². The van der Waals surface area contributed by atoms with Gasteiger partial charge >= 0.3 is 6.03 Å². The van der Waals surface area contributed by atoms with Gasteiger partial charge in [-0.05, 0) is 30.3 Å². The topological polar surface area (TPSA) is 100 Å². The van der Waals surface area contributed by atoms with E-state index in [1.807, 2.05) is 0 Å². The Morgan fingerprint density at radius 1 is 1.31 bits per heavy atom. The standard InChI is InChI=1S/C19H15ClFN5O3/c20-13-6-5-11(9-15(13)26-8-7-22-19(26)28)17(27)23-10-16-24-18(29-25-16)12-3-1-2-4-14(12)21/h1-6,9H,7-8,10H2,(H,22,28)(H,23,27). The molecule has 0 unspecified atom stereocenters. The maximum atomic E-state index is 13.8. The van der Waals surface area contributed by atoms with Crippen molar-refractivity contribution in [1.29, 1.82) is 0 Å². The van der Waals surface area contributed by atoms with E-state index in [9.17, 15) is 14.0 Å². The van der Waals surface area contributed by atoms with Crippen LogP contribution in [0, 0.1) is 5.82 Å². The van der Waals surface area contributed by atoms with Gasteiger partial charge in [-0.15, -0.1) is 0 Å². The third-order valence-electron chi connectivity index (χ3n) is 4.34. The summed E-state index contributed by atoms with van der Waals surface area (Å²) in [4.78, 5) is 29.9. The maximum Gasteiger partial charge on any atom is 0.322 e. The van der Waals surface area contributed by atoms with Crippen LogP contribution in [0.2, 0.25) is 5.02 Å². The minimum absolute atomic E-state index is 0.0149. The summed E-state index contributed by atoms with van der Waals surface area (Å²) in [5, 5.41) is 9.47. The van der Waals surface area contributed by atoms with Crippen molar-refractivity contribution in [2.45, 2.75) is 6.54 Å². The summed E-state index contributed by atoms with van der Waals surface area (Å²) in [6.07, 6.45) is 0. The number of nitrogens with zero attached hydrogens (tertiary/aromatic N) is 3. The van der Waals surface area contributed by atoms with Gasteiger partial charge in [0.05, 0.1) is 22.8 Å². The number of halogens is 2. The van der Waals surface area contributed by atoms with Crippen molar-refractivity contribution in [3.8, 4) is 11.5 Å². The van der Waals surface area contributed by atoms with Crippen LogP contribution in [-0.2, 0) is 6.54 Å². The Hall–Kier alpha value is -3.46. The first-order valence-electron chi connectivity index (χ1n) is 8.73. The molecule has 3 amide bonds. The molecule has 29 heavy (non-hydrogen) atoms. The molecular weight excluding hydrogens is 401 g/mol. The third-order valence-corrected chi connectivity index (χ3v) is 4.65. The van der Waals surface area contributed by atoms with E-state index in [0.717, 1.165) is 0 Å². The molecule has 2 N–H and O–H groups in total. The lowest BCUT2D eigenvalue weighted by molar-refractivity contribution is 0.0949. The number of carbonyl (C=O) groups is 2. The average Bonchev–Trinajstić information content (AvgIpc) is 3.36. The maximum absolute atomic E-state index is 13.8. The minimum atomic E-state index is -0.480. The Bertz CT molecular complexity index is 1090. The van der Waals surface area contributed by atoms with Crippen molar-refractivity contribution in [3.63, 3.8) is 0 Å². The van der Waals surface area contributed by atoms with Gasteiger partial charge in [0, 0.05) is 18.7 Å². The largest absolute Gasteiger partial charge is 0.345 e. The Balaban J connectivity index is 1.45. The molecular formula is C19H15ClFN5O3. The van der Waals surface area contributed by atoms with Gasteiger partial charge in [-0.1, -0.05) is 28.9 Å². The van der Waals surface area contributed by atoms with E-state index in [1.54, 1.807) is 30.3 Å². The molecule has 148 valence electrons. The lowest BCUT2D eigenvalue weighted by Gasteiger charge is -2.16. The highest BCUT2D eigenvalue weighted by molar-refractivity contribution is 6.34. The average molecular weight is 416 g/mol. The zero-order valence-corrected chi connectivity index (χ0v) is 15.7. The molecule has 2 heterocycles. The fourth-order valence-corrected chi connectivity index (χ4v) is 3.11. The van der Waals surface area contributed by atoms with Crippen LogP contribution in [0.25, 0.3) is 11.5 Å². The molecule has 0 radical (unpaired) electrons. The van der Waals surface area contributed by atoms with E-state index in [4.69, 9.17) is 16.1 Å². The molecule has 1 aromatic heterocycles. The van der Waals surface area contributed by atoms with E-state index in [0.29, 0.717) is 29.4 Å². The highest BCUT2D eigenvalue weighted by Gasteiger charge is 2.24. The van der Waals surface area contributed by atoms with Gasteiger partial charge in [-0.25, -0.2) is 9.18 Å². The lowest BCUT2D eigenvalue weighted by atomic mass is 10.1. The van der Waals surface area contributed by atoms with Gasteiger partial charge in [0.2, 0.25) is 0 Å². The molecule has 3 aromatic rings. The van der Waals surface area contributed by atoms with Crippen molar-refractivity contribution >= 4 is 29.2 Å². The van der Waals surface area contributed by atoms with Crippen LogP contribution in [0.5, 0.6) is 0 Å². The van der Waals surface area contributed by atoms with Crippen LogP contribution in [-0.4, -0.2) is 35.2 Å². The van der Waals surface area contributed by atoms with Gasteiger partial charge in [-0.3, -0.25) is 9.69 Å². The first-order chi connectivity index (χ1) is 14.0. The molecule has 0 aliphatic carbocycles. The molecule has 0 atom stereocenters. The number of rotatable bonds is 5. The second-order valence-corrected chi connectivity index (χ2v) is 6.64. The van der Waals surface area contributed by atoms with Gasteiger partial charge < -0.3 is 15.2 Å². The lowest BCUT2D eigenvalue weighted by Crippen LogP contribution is -2.29. The molecule has 0 spiro atoms. The number of anilines is 1. The zero-order valence-electron chi connectivity index (χ0n) is 15.0. The molecule has 0 saturated carbocycles. The number of amides is 3. The Morgan fingerprint density at radius 2 is 2.14 bits per heavy atom. The first-order valence-corrected chi connectivity index (χ1v) is 9.11. The first kappa shape index (κ1) is 18.9. The fraction of sp³-hybridized carbons (Fsp3) is 0.158. The number of urea groups is 1. The molecule has 1 aliphatic heterocycles. The summed E-state index contributed by atoms with van der Waals surface area (Å²) in [5.74, 6) is -0.656. The van der Waals surface area contributed by atoms with E-state index in [-0.39, 0.29) is 29.9 Å². The summed E-state index contributed by atoms with van der Waals surface area (Å²) in [6.45, 7) is 0.956. The summed E-state index contributed by atoms with van der Waals surface area (Å²) >= 11 is 6.18. The predicted octanol–water partition coefficient (Wildman–Crippen LogP) is 2.99. The Labute approximate surface area is 169 Å². The molecule has 1 saturated heterocycles. The quantitative estimate of drug-likeness (QED) is 0.667. The summed E-state index contributed by atoms with van der Waals surface area (Å²) < 4.78 is 18.9. The van der Waals surface area contributed by atoms with Crippen molar-refractivity contribution in [2.24, 2.45) is 0 Å². The second kappa shape index (κ2) is 7.88. The van der Waals surface area contributed by atoms with Crippen molar-refractivity contribution in [3.05, 3.63) is 64.7 Å². The zero-order chi connectivity index (χ0) is 20.4. The highest BCUT2D eigenvalue weighted by atomic mass is 35.5. The van der Waals surface area contributed by atoms with Crippen LogP contribution in [0.4, 0.5) is 14.9 Å². The van der Waals surface area contributed by atoms with Gasteiger partial charge in [0.25, 0.3) is 11.8 Å².